The maximum Gasteiger partial charge on any atom is 0.254 e. The summed E-state index contributed by atoms with van der Waals surface area (Å²) in [4.78, 5) is 13.7. The Morgan fingerprint density at radius 2 is 2.12 bits per heavy atom. The number of hydrogen-bond acceptors (Lipinski definition) is 3. The average molecular weight is 256 g/mol. The standard InChI is InChI=1S/C12H14ClNO3/c1-16-10-4-3-8-9(11(10)17-2)7-14(6-5-13)12(8)15/h3-4H,5-7H2,1-2H3. The number of amides is 1. The summed E-state index contributed by atoms with van der Waals surface area (Å²) in [6, 6.07) is 3.52. The normalized spacial score (nSPS) is 13.8. The van der Waals surface area contributed by atoms with E-state index in [0.29, 0.717) is 36.0 Å². The highest BCUT2D eigenvalue weighted by molar-refractivity contribution is 6.18. The molecule has 0 fully saturated rings. The summed E-state index contributed by atoms with van der Waals surface area (Å²) in [5.74, 6) is 1.71. The lowest BCUT2D eigenvalue weighted by Crippen LogP contribution is -2.25. The Morgan fingerprint density at radius 3 is 2.71 bits per heavy atom. The molecule has 5 heteroatoms. The number of methoxy groups -OCH3 is 2. The van der Waals surface area contributed by atoms with E-state index in [0.717, 1.165) is 5.56 Å². The van der Waals surface area contributed by atoms with Gasteiger partial charge >= 0.3 is 0 Å². The van der Waals surface area contributed by atoms with E-state index >= 15 is 0 Å². The molecule has 0 saturated heterocycles. The lowest BCUT2D eigenvalue weighted by Gasteiger charge is -2.13. The van der Waals surface area contributed by atoms with Gasteiger partial charge in [0, 0.05) is 23.6 Å². The van der Waals surface area contributed by atoms with E-state index in [1.165, 1.54) is 0 Å². The molecule has 1 aromatic rings. The van der Waals surface area contributed by atoms with Gasteiger partial charge in [0.1, 0.15) is 0 Å². The zero-order valence-corrected chi connectivity index (χ0v) is 10.6. The van der Waals surface area contributed by atoms with Crippen LogP contribution in [0.15, 0.2) is 12.1 Å². The zero-order chi connectivity index (χ0) is 12.4. The van der Waals surface area contributed by atoms with Crippen LogP contribution in [0.25, 0.3) is 0 Å². The highest BCUT2D eigenvalue weighted by Gasteiger charge is 2.30. The van der Waals surface area contributed by atoms with E-state index in [-0.39, 0.29) is 5.91 Å². The van der Waals surface area contributed by atoms with Crippen LogP contribution in [0.5, 0.6) is 11.5 Å². The predicted octanol–water partition coefficient (Wildman–Crippen LogP) is 1.90. The summed E-state index contributed by atoms with van der Waals surface area (Å²) in [6.07, 6.45) is 0. The van der Waals surface area contributed by atoms with Crippen molar-refractivity contribution in [1.82, 2.24) is 4.90 Å². The molecule has 0 N–H and O–H groups in total. The molecule has 0 spiro atoms. The van der Waals surface area contributed by atoms with Crippen molar-refractivity contribution < 1.29 is 14.3 Å². The van der Waals surface area contributed by atoms with Crippen LogP contribution >= 0.6 is 11.6 Å². The number of fused-ring (bicyclic) bond motifs is 1. The molecule has 92 valence electrons. The van der Waals surface area contributed by atoms with Crippen LogP contribution in [0, 0.1) is 0 Å². The zero-order valence-electron chi connectivity index (χ0n) is 9.83. The summed E-state index contributed by atoms with van der Waals surface area (Å²) < 4.78 is 10.5. The largest absolute Gasteiger partial charge is 0.493 e. The predicted molar refractivity (Wildman–Crippen MR) is 65.0 cm³/mol. The van der Waals surface area contributed by atoms with Crippen LogP contribution in [0.2, 0.25) is 0 Å². The van der Waals surface area contributed by atoms with Crippen molar-refractivity contribution in [2.75, 3.05) is 26.6 Å². The first-order valence-electron chi connectivity index (χ1n) is 5.32. The minimum Gasteiger partial charge on any atom is -0.493 e. The van der Waals surface area contributed by atoms with Crippen LogP contribution in [0.4, 0.5) is 0 Å². The van der Waals surface area contributed by atoms with Gasteiger partial charge in [0.25, 0.3) is 5.91 Å². The Balaban J connectivity index is 2.43. The topological polar surface area (TPSA) is 38.8 Å². The van der Waals surface area contributed by atoms with Crippen molar-refractivity contribution in [2.24, 2.45) is 0 Å². The van der Waals surface area contributed by atoms with Crippen LogP contribution < -0.4 is 9.47 Å². The molecule has 2 rings (SSSR count). The Kier molecular flexibility index (Phi) is 3.43. The highest BCUT2D eigenvalue weighted by atomic mass is 35.5. The van der Waals surface area contributed by atoms with Crippen LogP contribution in [-0.4, -0.2) is 37.5 Å². The second kappa shape index (κ2) is 4.84. The molecular weight excluding hydrogens is 242 g/mol. The van der Waals surface area contributed by atoms with Crippen molar-refractivity contribution in [3.05, 3.63) is 23.3 Å². The fraction of sp³-hybridized carbons (Fsp3) is 0.417. The number of carbonyl (C=O) groups excluding carboxylic acids is 1. The molecule has 1 heterocycles. The van der Waals surface area contributed by atoms with E-state index < -0.39 is 0 Å². The van der Waals surface area contributed by atoms with Gasteiger partial charge in [-0.15, -0.1) is 11.6 Å². The van der Waals surface area contributed by atoms with Gasteiger partial charge in [0.05, 0.1) is 20.8 Å². The molecule has 1 aliphatic rings. The van der Waals surface area contributed by atoms with Gasteiger partial charge in [0.2, 0.25) is 0 Å². The van der Waals surface area contributed by atoms with Gasteiger partial charge in [-0.2, -0.15) is 0 Å². The van der Waals surface area contributed by atoms with E-state index in [4.69, 9.17) is 21.1 Å². The fourth-order valence-corrected chi connectivity index (χ4v) is 2.27. The summed E-state index contributed by atoms with van der Waals surface area (Å²) >= 11 is 5.67. The summed E-state index contributed by atoms with van der Waals surface area (Å²) in [5.41, 5.74) is 1.55. The monoisotopic (exact) mass is 255 g/mol. The summed E-state index contributed by atoms with van der Waals surface area (Å²) in [6.45, 7) is 1.07. The highest BCUT2D eigenvalue weighted by Crippen LogP contribution is 2.38. The number of rotatable bonds is 4. The minimum absolute atomic E-state index is 0.00148. The molecule has 0 radical (unpaired) electrons. The Hall–Kier alpha value is -1.42. The quantitative estimate of drug-likeness (QED) is 0.772. The van der Waals surface area contributed by atoms with E-state index in [1.807, 2.05) is 0 Å². The molecular formula is C12H14ClNO3. The second-order valence-corrected chi connectivity index (χ2v) is 4.12. The van der Waals surface area contributed by atoms with E-state index in [1.54, 1.807) is 31.3 Å². The molecule has 1 aliphatic heterocycles. The third-order valence-electron chi connectivity index (χ3n) is 2.87. The maximum atomic E-state index is 12.0. The molecule has 4 nitrogen and oxygen atoms in total. The number of halogens is 1. The van der Waals surface area contributed by atoms with Gasteiger partial charge in [-0.1, -0.05) is 0 Å². The summed E-state index contributed by atoms with van der Waals surface area (Å²) in [5, 5.41) is 0. The molecule has 17 heavy (non-hydrogen) atoms. The van der Waals surface area contributed by atoms with Crippen LogP contribution in [-0.2, 0) is 6.54 Å². The van der Waals surface area contributed by atoms with Gasteiger partial charge in [-0.05, 0) is 12.1 Å². The summed E-state index contributed by atoms with van der Waals surface area (Å²) in [7, 11) is 3.16. The lowest BCUT2D eigenvalue weighted by atomic mass is 10.1. The van der Waals surface area contributed by atoms with Crippen molar-refractivity contribution in [3.8, 4) is 11.5 Å². The molecule has 1 amide bonds. The molecule has 1 aromatic carbocycles. The number of nitrogens with zero attached hydrogens (tertiary/aromatic N) is 1. The number of carbonyl (C=O) groups is 1. The van der Waals surface area contributed by atoms with Crippen LogP contribution in [0.3, 0.4) is 0 Å². The minimum atomic E-state index is 0.00148. The Bertz CT molecular complexity index is 448. The third-order valence-corrected chi connectivity index (χ3v) is 3.04. The van der Waals surface area contributed by atoms with Gasteiger partial charge < -0.3 is 14.4 Å². The Labute approximate surface area is 105 Å². The first kappa shape index (κ1) is 12.0. The first-order chi connectivity index (χ1) is 8.22. The Morgan fingerprint density at radius 1 is 1.35 bits per heavy atom. The van der Waals surface area contributed by atoms with Gasteiger partial charge in [-0.25, -0.2) is 0 Å². The van der Waals surface area contributed by atoms with Crippen LogP contribution in [0.1, 0.15) is 15.9 Å². The molecule has 0 saturated carbocycles. The van der Waals surface area contributed by atoms with Crippen molar-refractivity contribution in [3.63, 3.8) is 0 Å². The average Bonchev–Trinajstić information content (AvgIpc) is 2.66. The number of hydrogen-bond donors (Lipinski definition) is 0. The van der Waals surface area contributed by atoms with Gasteiger partial charge in [0.15, 0.2) is 11.5 Å². The fourth-order valence-electron chi connectivity index (χ4n) is 2.06. The van der Waals surface area contributed by atoms with E-state index in [9.17, 15) is 4.79 Å². The van der Waals surface area contributed by atoms with Crippen molar-refractivity contribution in [2.45, 2.75) is 6.54 Å². The van der Waals surface area contributed by atoms with Crippen molar-refractivity contribution >= 4 is 17.5 Å². The molecule has 0 aliphatic carbocycles. The SMILES string of the molecule is COc1ccc2c(c1OC)CN(CCCl)C2=O. The van der Waals surface area contributed by atoms with Crippen molar-refractivity contribution in [1.29, 1.82) is 0 Å². The number of benzene rings is 1. The number of alkyl halides is 1. The lowest BCUT2D eigenvalue weighted by molar-refractivity contribution is 0.0788. The molecule has 0 aromatic heterocycles. The second-order valence-electron chi connectivity index (χ2n) is 3.74. The first-order valence-corrected chi connectivity index (χ1v) is 5.85. The smallest absolute Gasteiger partial charge is 0.254 e. The van der Waals surface area contributed by atoms with Gasteiger partial charge in [-0.3, -0.25) is 4.79 Å². The van der Waals surface area contributed by atoms with E-state index in [2.05, 4.69) is 0 Å². The maximum absolute atomic E-state index is 12.0. The third kappa shape index (κ3) is 1.93. The molecule has 0 unspecified atom stereocenters. The number of ether oxygens (including phenoxy) is 2. The molecule has 0 atom stereocenters. The molecule has 0 bridgehead atoms.